The van der Waals surface area contributed by atoms with Crippen LogP contribution < -0.4 is 4.74 Å². The number of carbonyl (C=O) groups is 2. The lowest BCUT2D eigenvalue weighted by Crippen LogP contribution is -2.29. The number of ketones is 1. The fourth-order valence-corrected chi connectivity index (χ4v) is 4.37. The van der Waals surface area contributed by atoms with E-state index in [0.717, 1.165) is 16.7 Å². The molecule has 5 heteroatoms. The van der Waals surface area contributed by atoms with Crippen LogP contribution in [0.25, 0.3) is 5.76 Å². The van der Waals surface area contributed by atoms with Crippen LogP contribution in [0.1, 0.15) is 56.0 Å². The van der Waals surface area contributed by atoms with Gasteiger partial charge in [-0.25, -0.2) is 0 Å². The lowest BCUT2D eigenvalue weighted by atomic mass is 9.85. The molecule has 5 nitrogen and oxygen atoms in total. The van der Waals surface area contributed by atoms with Gasteiger partial charge in [0.1, 0.15) is 11.5 Å². The first-order valence-corrected chi connectivity index (χ1v) is 11.9. The largest absolute Gasteiger partial charge is 0.507 e. The number of Topliss-reactive ketones (excluding diaryl/α,β-unsaturated/α-hetero) is 1. The minimum Gasteiger partial charge on any atom is -0.507 e. The van der Waals surface area contributed by atoms with Crippen LogP contribution in [-0.4, -0.2) is 28.3 Å². The lowest BCUT2D eigenvalue weighted by molar-refractivity contribution is -0.140. The maximum Gasteiger partial charge on any atom is 0.295 e. The molecule has 35 heavy (non-hydrogen) atoms. The molecule has 1 N–H and O–H groups in total. The first-order valence-electron chi connectivity index (χ1n) is 11.9. The summed E-state index contributed by atoms with van der Waals surface area (Å²) in [5.41, 5.74) is 3.35. The number of benzene rings is 3. The van der Waals surface area contributed by atoms with Crippen LogP contribution in [0.2, 0.25) is 0 Å². The number of carbonyl (C=O) groups excluding carboxylic acids is 2. The summed E-state index contributed by atoms with van der Waals surface area (Å²) in [6.45, 7) is 9.09. The molecule has 0 aliphatic carbocycles. The van der Waals surface area contributed by atoms with E-state index in [0.29, 0.717) is 17.9 Å². The van der Waals surface area contributed by atoms with E-state index in [1.54, 1.807) is 29.2 Å². The zero-order valence-corrected chi connectivity index (χ0v) is 20.6. The van der Waals surface area contributed by atoms with Crippen molar-refractivity contribution in [1.82, 2.24) is 4.90 Å². The molecule has 0 bridgehead atoms. The van der Waals surface area contributed by atoms with Crippen LogP contribution in [0.15, 0.2) is 84.4 Å². The van der Waals surface area contributed by atoms with Crippen LogP contribution in [0, 0.1) is 0 Å². The molecule has 1 atom stereocenters. The van der Waals surface area contributed by atoms with Gasteiger partial charge in [-0.1, -0.05) is 75.4 Å². The third-order valence-electron chi connectivity index (χ3n) is 6.27. The Balaban J connectivity index is 1.82. The van der Waals surface area contributed by atoms with Gasteiger partial charge < -0.3 is 14.7 Å². The first kappa shape index (κ1) is 24.3. The van der Waals surface area contributed by atoms with Gasteiger partial charge in [-0.2, -0.15) is 0 Å². The third-order valence-corrected chi connectivity index (χ3v) is 6.27. The number of rotatable bonds is 6. The van der Waals surface area contributed by atoms with Gasteiger partial charge in [0.2, 0.25) is 0 Å². The van der Waals surface area contributed by atoms with E-state index < -0.39 is 17.7 Å². The number of hydrogen-bond acceptors (Lipinski definition) is 4. The number of nitrogens with zero attached hydrogens (tertiary/aromatic N) is 1. The average Bonchev–Trinajstić information content (AvgIpc) is 3.09. The van der Waals surface area contributed by atoms with Crippen LogP contribution >= 0.6 is 0 Å². The Morgan fingerprint density at radius 3 is 2.11 bits per heavy atom. The summed E-state index contributed by atoms with van der Waals surface area (Å²) in [6.07, 6.45) is 0. The maximum absolute atomic E-state index is 13.3. The highest BCUT2D eigenvalue weighted by Crippen LogP contribution is 2.41. The number of aliphatic hydroxyl groups is 1. The molecule has 0 radical (unpaired) electrons. The summed E-state index contributed by atoms with van der Waals surface area (Å²) >= 11 is 0. The molecular weight excluding hydrogens is 438 g/mol. The Labute approximate surface area is 206 Å². The highest BCUT2D eigenvalue weighted by molar-refractivity contribution is 6.46. The van der Waals surface area contributed by atoms with E-state index in [1.165, 1.54) is 0 Å². The molecule has 3 aromatic rings. The van der Waals surface area contributed by atoms with Gasteiger partial charge in [0.15, 0.2) is 0 Å². The number of hydrogen-bond donors (Lipinski definition) is 1. The minimum atomic E-state index is -0.698. The Kier molecular flexibility index (Phi) is 6.79. The van der Waals surface area contributed by atoms with E-state index in [1.807, 2.05) is 61.5 Å². The quantitative estimate of drug-likeness (QED) is 0.273. The van der Waals surface area contributed by atoms with Gasteiger partial charge in [-0.3, -0.25) is 9.59 Å². The van der Waals surface area contributed by atoms with Crippen molar-refractivity contribution in [2.45, 2.75) is 45.7 Å². The molecule has 4 rings (SSSR count). The van der Waals surface area contributed by atoms with Crippen molar-refractivity contribution in [2.75, 3.05) is 6.61 Å². The van der Waals surface area contributed by atoms with Crippen molar-refractivity contribution in [2.24, 2.45) is 0 Å². The molecule has 1 heterocycles. The topological polar surface area (TPSA) is 66.8 Å². The SMILES string of the molecule is CCOc1ccc(/C(O)=C2\C(=O)C(=O)N(Cc3ccccc3)C2c2ccc(C(C)(C)C)cc2)cc1. The Morgan fingerprint density at radius 2 is 1.54 bits per heavy atom. The molecule has 1 amide bonds. The molecule has 3 aromatic carbocycles. The summed E-state index contributed by atoms with van der Waals surface area (Å²) in [6, 6.07) is 23.7. The van der Waals surface area contributed by atoms with Crippen molar-refractivity contribution in [1.29, 1.82) is 0 Å². The summed E-state index contributed by atoms with van der Waals surface area (Å²) in [5.74, 6) is -0.821. The normalized spacial score (nSPS) is 17.6. The van der Waals surface area contributed by atoms with Gasteiger partial charge in [0.05, 0.1) is 18.2 Å². The Morgan fingerprint density at radius 1 is 0.914 bits per heavy atom. The minimum absolute atomic E-state index is 0.0350. The standard InChI is InChI=1S/C30H31NO4/c1-5-35-24-17-13-22(14-18-24)27(32)25-26(21-11-15-23(16-12-21)30(2,3)4)31(29(34)28(25)33)19-20-9-7-6-8-10-20/h6-18,26,32H,5,19H2,1-4H3/b27-25+. The smallest absolute Gasteiger partial charge is 0.295 e. The van der Waals surface area contributed by atoms with E-state index >= 15 is 0 Å². The predicted molar refractivity (Wildman–Crippen MR) is 137 cm³/mol. The number of ether oxygens (including phenoxy) is 1. The molecule has 1 saturated heterocycles. The molecule has 1 unspecified atom stereocenters. The number of aliphatic hydroxyl groups excluding tert-OH is 1. The van der Waals surface area contributed by atoms with Crippen molar-refractivity contribution < 1.29 is 19.4 Å². The predicted octanol–water partition coefficient (Wildman–Crippen LogP) is 6.00. The third kappa shape index (κ3) is 4.99. The molecule has 0 saturated carbocycles. The van der Waals surface area contributed by atoms with Gasteiger partial charge in [-0.15, -0.1) is 0 Å². The lowest BCUT2D eigenvalue weighted by Gasteiger charge is -2.26. The van der Waals surface area contributed by atoms with E-state index in [4.69, 9.17) is 4.74 Å². The molecule has 0 aromatic heterocycles. The second-order valence-electron chi connectivity index (χ2n) is 9.74. The van der Waals surface area contributed by atoms with E-state index in [2.05, 4.69) is 20.8 Å². The second kappa shape index (κ2) is 9.79. The number of amides is 1. The van der Waals surface area contributed by atoms with Gasteiger partial charge in [0, 0.05) is 12.1 Å². The monoisotopic (exact) mass is 469 g/mol. The van der Waals surface area contributed by atoms with Crippen LogP contribution in [-0.2, 0) is 21.5 Å². The van der Waals surface area contributed by atoms with Crippen molar-refractivity contribution >= 4 is 17.4 Å². The summed E-state index contributed by atoms with van der Waals surface area (Å²) in [5, 5.41) is 11.3. The molecule has 1 aliphatic heterocycles. The van der Waals surface area contributed by atoms with E-state index in [-0.39, 0.29) is 23.3 Å². The fourth-order valence-electron chi connectivity index (χ4n) is 4.37. The molecule has 1 fully saturated rings. The van der Waals surface area contributed by atoms with Crippen LogP contribution in [0.3, 0.4) is 0 Å². The van der Waals surface area contributed by atoms with Crippen LogP contribution in [0.4, 0.5) is 0 Å². The average molecular weight is 470 g/mol. The summed E-state index contributed by atoms with van der Waals surface area (Å²) in [7, 11) is 0. The van der Waals surface area contributed by atoms with Gasteiger partial charge in [0.25, 0.3) is 11.7 Å². The highest BCUT2D eigenvalue weighted by Gasteiger charge is 2.46. The van der Waals surface area contributed by atoms with Crippen molar-refractivity contribution in [3.05, 3.63) is 107 Å². The zero-order chi connectivity index (χ0) is 25.2. The zero-order valence-electron chi connectivity index (χ0n) is 20.6. The Hall–Kier alpha value is -3.86. The first-order chi connectivity index (χ1) is 16.7. The van der Waals surface area contributed by atoms with Crippen molar-refractivity contribution in [3.63, 3.8) is 0 Å². The van der Waals surface area contributed by atoms with Gasteiger partial charge in [-0.05, 0) is 53.3 Å². The van der Waals surface area contributed by atoms with Crippen LogP contribution in [0.5, 0.6) is 5.75 Å². The molecular formula is C30H31NO4. The second-order valence-corrected chi connectivity index (χ2v) is 9.74. The number of likely N-dealkylation sites (tertiary alicyclic amines) is 1. The van der Waals surface area contributed by atoms with E-state index in [9.17, 15) is 14.7 Å². The fraction of sp³-hybridized carbons (Fsp3) is 0.267. The van der Waals surface area contributed by atoms with Gasteiger partial charge >= 0.3 is 0 Å². The van der Waals surface area contributed by atoms with Crippen molar-refractivity contribution in [3.8, 4) is 5.75 Å². The summed E-state index contributed by atoms with van der Waals surface area (Å²) < 4.78 is 5.49. The molecule has 180 valence electrons. The molecule has 1 aliphatic rings. The highest BCUT2D eigenvalue weighted by atomic mass is 16.5. The Bertz CT molecular complexity index is 1240. The molecule has 0 spiro atoms. The maximum atomic E-state index is 13.3. The summed E-state index contributed by atoms with van der Waals surface area (Å²) in [4.78, 5) is 28.0.